The smallest absolute Gasteiger partial charge is 0.224 e. The molecule has 1 aromatic carbocycles. The summed E-state index contributed by atoms with van der Waals surface area (Å²) in [5.74, 6) is -0.128. The highest BCUT2D eigenvalue weighted by Gasteiger charge is 2.03. The van der Waals surface area contributed by atoms with E-state index in [0.717, 1.165) is 0 Å². The zero-order valence-electron chi connectivity index (χ0n) is 7.37. The summed E-state index contributed by atoms with van der Waals surface area (Å²) in [5, 5.41) is 11.8. The van der Waals surface area contributed by atoms with Crippen molar-refractivity contribution in [3.05, 3.63) is 18.2 Å². The molecule has 0 saturated carbocycles. The summed E-state index contributed by atoms with van der Waals surface area (Å²) in [6.45, 7) is 1.73. The molecule has 70 valence electrons. The highest BCUT2D eigenvalue weighted by Crippen LogP contribution is 2.25. The van der Waals surface area contributed by atoms with Crippen LogP contribution >= 0.6 is 0 Å². The molecule has 0 aromatic heterocycles. The van der Waals surface area contributed by atoms with Gasteiger partial charge in [0.25, 0.3) is 0 Å². The zero-order chi connectivity index (χ0) is 9.84. The van der Waals surface area contributed by atoms with Crippen molar-refractivity contribution in [2.24, 2.45) is 0 Å². The van der Waals surface area contributed by atoms with E-state index in [1.54, 1.807) is 13.0 Å². The molecule has 0 spiro atoms. The first-order chi connectivity index (χ1) is 6.13. The zero-order valence-corrected chi connectivity index (χ0v) is 7.37. The van der Waals surface area contributed by atoms with E-state index in [-0.39, 0.29) is 11.7 Å². The van der Waals surface area contributed by atoms with Gasteiger partial charge in [0, 0.05) is 12.1 Å². The monoisotopic (exact) mass is 180 g/mol. The van der Waals surface area contributed by atoms with Crippen LogP contribution in [0.15, 0.2) is 18.2 Å². The summed E-state index contributed by atoms with van der Waals surface area (Å²) in [4.78, 5) is 11.0. The fourth-order valence-electron chi connectivity index (χ4n) is 0.892. The minimum absolute atomic E-state index is 0.0241. The van der Waals surface area contributed by atoms with E-state index in [1.807, 2.05) is 0 Å². The van der Waals surface area contributed by atoms with Gasteiger partial charge in [-0.2, -0.15) is 0 Å². The lowest BCUT2D eigenvalue weighted by molar-refractivity contribution is -0.115. The van der Waals surface area contributed by atoms with Gasteiger partial charge in [0.1, 0.15) is 5.75 Å². The number of nitrogen functional groups attached to an aromatic ring is 1. The minimum atomic E-state index is -0.152. The van der Waals surface area contributed by atoms with Gasteiger partial charge >= 0.3 is 0 Å². The molecule has 1 aromatic rings. The number of carbonyl (C=O) groups excluding carboxylic acids is 1. The van der Waals surface area contributed by atoms with Gasteiger partial charge in [-0.3, -0.25) is 4.79 Å². The molecule has 4 heteroatoms. The van der Waals surface area contributed by atoms with E-state index in [1.165, 1.54) is 12.1 Å². The Morgan fingerprint density at radius 1 is 1.62 bits per heavy atom. The molecule has 0 aliphatic heterocycles. The largest absolute Gasteiger partial charge is 0.506 e. The van der Waals surface area contributed by atoms with E-state index >= 15 is 0 Å². The molecule has 0 radical (unpaired) electrons. The average Bonchev–Trinajstić information content (AvgIpc) is 2.11. The number of hydrogen-bond acceptors (Lipinski definition) is 3. The van der Waals surface area contributed by atoms with Crippen LogP contribution in [0.4, 0.5) is 11.4 Å². The van der Waals surface area contributed by atoms with E-state index in [4.69, 9.17) is 5.73 Å². The number of aromatic hydroxyl groups is 1. The molecule has 13 heavy (non-hydrogen) atoms. The average molecular weight is 180 g/mol. The quantitative estimate of drug-likeness (QED) is 0.365. The normalized spacial score (nSPS) is 9.62. The van der Waals surface area contributed by atoms with Crippen LogP contribution in [0.2, 0.25) is 0 Å². The van der Waals surface area contributed by atoms with Gasteiger partial charge in [-0.1, -0.05) is 6.92 Å². The van der Waals surface area contributed by atoms with Crippen molar-refractivity contribution >= 4 is 17.3 Å². The molecule has 0 atom stereocenters. The first-order valence-corrected chi connectivity index (χ1v) is 4.02. The Morgan fingerprint density at radius 2 is 2.31 bits per heavy atom. The SMILES string of the molecule is CCC(=O)Nc1cc(N)ccc1O. The van der Waals surface area contributed by atoms with Crippen molar-refractivity contribution in [3.8, 4) is 5.75 Å². The molecule has 4 N–H and O–H groups in total. The Balaban J connectivity index is 2.87. The third-order valence-electron chi connectivity index (χ3n) is 1.62. The third-order valence-corrected chi connectivity index (χ3v) is 1.62. The lowest BCUT2D eigenvalue weighted by atomic mass is 10.2. The molecule has 4 nitrogen and oxygen atoms in total. The summed E-state index contributed by atoms with van der Waals surface area (Å²) >= 11 is 0. The van der Waals surface area contributed by atoms with Crippen molar-refractivity contribution in [1.82, 2.24) is 0 Å². The number of nitrogens with two attached hydrogens (primary N) is 1. The third kappa shape index (κ3) is 2.37. The Kier molecular flexibility index (Phi) is 2.74. The van der Waals surface area contributed by atoms with Crippen LogP contribution in [-0.2, 0) is 4.79 Å². The van der Waals surface area contributed by atoms with Gasteiger partial charge in [0.15, 0.2) is 0 Å². The topological polar surface area (TPSA) is 75.4 Å². The molecule has 0 saturated heterocycles. The molecule has 0 unspecified atom stereocenters. The van der Waals surface area contributed by atoms with Crippen molar-refractivity contribution < 1.29 is 9.90 Å². The maximum Gasteiger partial charge on any atom is 0.224 e. The molecule has 0 bridgehead atoms. The van der Waals surface area contributed by atoms with Crippen LogP contribution in [0.5, 0.6) is 5.75 Å². The van der Waals surface area contributed by atoms with Crippen molar-refractivity contribution in [3.63, 3.8) is 0 Å². The van der Waals surface area contributed by atoms with Crippen LogP contribution in [0.3, 0.4) is 0 Å². The molecule has 1 rings (SSSR count). The van der Waals surface area contributed by atoms with Crippen LogP contribution in [0.1, 0.15) is 13.3 Å². The first kappa shape index (κ1) is 9.38. The van der Waals surface area contributed by atoms with Crippen LogP contribution in [0.25, 0.3) is 0 Å². The molecule has 0 aliphatic carbocycles. The predicted molar refractivity (Wildman–Crippen MR) is 51.4 cm³/mol. The van der Waals surface area contributed by atoms with Gasteiger partial charge < -0.3 is 16.2 Å². The van der Waals surface area contributed by atoms with Gasteiger partial charge in [-0.15, -0.1) is 0 Å². The summed E-state index contributed by atoms with van der Waals surface area (Å²) in [7, 11) is 0. The summed E-state index contributed by atoms with van der Waals surface area (Å²) < 4.78 is 0. The number of hydrogen-bond donors (Lipinski definition) is 3. The molecule has 1 amide bonds. The number of amides is 1. The molecule has 0 fully saturated rings. The van der Waals surface area contributed by atoms with E-state index < -0.39 is 0 Å². The van der Waals surface area contributed by atoms with Crippen molar-refractivity contribution in [1.29, 1.82) is 0 Å². The van der Waals surface area contributed by atoms with E-state index in [9.17, 15) is 9.90 Å². The Bertz CT molecular complexity index is 323. The molecule has 0 heterocycles. The summed E-state index contributed by atoms with van der Waals surface area (Å²) in [6.07, 6.45) is 0.369. The van der Waals surface area contributed by atoms with Gasteiger partial charge in [-0.05, 0) is 18.2 Å². The number of phenolic OH excluding ortho intramolecular Hbond substituents is 1. The maximum atomic E-state index is 11.0. The Hall–Kier alpha value is -1.71. The number of phenols is 1. The van der Waals surface area contributed by atoms with Crippen LogP contribution < -0.4 is 11.1 Å². The van der Waals surface area contributed by atoms with E-state index in [2.05, 4.69) is 5.32 Å². The van der Waals surface area contributed by atoms with Gasteiger partial charge in [0.05, 0.1) is 5.69 Å². The van der Waals surface area contributed by atoms with Gasteiger partial charge in [-0.25, -0.2) is 0 Å². The Morgan fingerprint density at radius 3 is 2.92 bits per heavy atom. The standard InChI is InChI=1S/C9H12N2O2/c1-2-9(13)11-7-5-6(10)3-4-8(7)12/h3-5,12H,2,10H2,1H3,(H,11,13). The fourth-order valence-corrected chi connectivity index (χ4v) is 0.892. The summed E-state index contributed by atoms with van der Waals surface area (Å²) in [5.41, 5.74) is 6.34. The van der Waals surface area contributed by atoms with Gasteiger partial charge in [0.2, 0.25) is 5.91 Å². The molecular formula is C9H12N2O2. The Labute approximate surface area is 76.4 Å². The maximum absolute atomic E-state index is 11.0. The van der Waals surface area contributed by atoms with Crippen LogP contribution in [-0.4, -0.2) is 11.0 Å². The second-order valence-corrected chi connectivity index (χ2v) is 2.68. The second kappa shape index (κ2) is 3.80. The lowest BCUT2D eigenvalue weighted by Crippen LogP contribution is -2.09. The van der Waals surface area contributed by atoms with Crippen molar-refractivity contribution in [2.45, 2.75) is 13.3 Å². The van der Waals surface area contributed by atoms with E-state index in [0.29, 0.717) is 17.8 Å². The summed E-state index contributed by atoms with van der Waals surface area (Å²) in [6, 6.07) is 4.53. The number of nitrogens with one attached hydrogen (secondary N) is 1. The van der Waals surface area contributed by atoms with Crippen molar-refractivity contribution in [2.75, 3.05) is 11.1 Å². The number of carbonyl (C=O) groups is 1. The fraction of sp³-hybridized carbons (Fsp3) is 0.222. The minimum Gasteiger partial charge on any atom is -0.506 e. The number of anilines is 2. The van der Waals surface area contributed by atoms with Crippen LogP contribution in [0, 0.1) is 0 Å². The predicted octanol–water partition coefficient (Wildman–Crippen LogP) is 1.32. The molecular weight excluding hydrogens is 168 g/mol. The highest BCUT2D eigenvalue weighted by molar-refractivity contribution is 5.92. The first-order valence-electron chi connectivity index (χ1n) is 4.02. The number of benzene rings is 1. The number of rotatable bonds is 2. The highest BCUT2D eigenvalue weighted by atomic mass is 16.3. The molecule has 0 aliphatic rings. The lowest BCUT2D eigenvalue weighted by Gasteiger charge is -2.06. The second-order valence-electron chi connectivity index (χ2n) is 2.68.